The number of morpholine rings is 1. The molecule has 2 aromatic rings. The van der Waals surface area contributed by atoms with Crippen LogP contribution in [0.2, 0.25) is 0 Å². The lowest BCUT2D eigenvalue weighted by Gasteiger charge is -2.44. The molecule has 0 saturated carbocycles. The monoisotopic (exact) mass is 337 g/mol. The SMILES string of the molecule is CCC1CC2COCCN2c2cc(-c3cc(NC)ccc3C)cnc21. The molecule has 2 atom stereocenters. The van der Waals surface area contributed by atoms with Gasteiger partial charge >= 0.3 is 0 Å². The standard InChI is InChI=1S/C21H27N3O/c1-4-15-9-18-13-25-8-7-24(18)20-10-16(12-23-21(15)20)19-11-17(22-3)6-5-14(19)2/h5-6,10-12,15,18,22H,4,7-9,13H2,1-3H3. The number of rotatable bonds is 3. The number of nitrogens with one attached hydrogen (secondary N) is 1. The van der Waals surface area contributed by atoms with Crippen LogP contribution >= 0.6 is 0 Å². The molecular weight excluding hydrogens is 310 g/mol. The summed E-state index contributed by atoms with van der Waals surface area (Å²) in [5.41, 5.74) is 7.46. The van der Waals surface area contributed by atoms with Gasteiger partial charge in [0.25, 0.3) is 0 Å². The summed E-state index contributed by atoms with van der Waals surface area (Å²) < 4.78 is 5.74. The highest BCUT2D eigenvalue weighted by Crippen LogP contribution is 2.42. The third-order valence-corrected chi connectivity index (χ3v) is 5.71. The largest absolute Gasteiger partial charge is 0.388 e. The minimum atomic E-state index is 0.494. The predicted octanol–water partition coefficient (Wildman–Crippen LogP) is 4.20. The van der Waals surface area contributed by atoms with Crippen LogP contribution < -0.4 is 10.2 Å². The molecule has 2 aliphatic heterocycles. The molecule has 0 bridgehead atoms. The first kappa shape index (κ1) is 16.4. The van der Waals surface area contributed by atoms with E-state index < -0.39 is 0 Å². The molecule has 0 amide bonds. The number of benzene rings is 1. The normalized spacial score (nSPS) is 22.3. The Morgan fingerprint density at radius 1 is 1.32 bits per heavy atom. The number of hydrogen-bond acceptors (Lipinski definition) is 4. The zero-order valence-corrected chi connectivity index (χ0v) is 15.4. The van der Waals surface area contributed by atoms with Gasteiger partial charge in [-0.2, -0.15) is 0 Å². The minimum Gasteiger partial charge on any atom is -0.388 e. The molecule has 2 unspecified atom stereocenters. The number of fused-ring (bicyclic) bond motifs is 3. The van der Waals surface area contributed by atoms with E-state index in [1.165, 1.54) is 28.1 Å². The molecule has 1 fully saturated rings. The van der Waals surface area contributed by atoms with Crippen molar-refractivity contribution < 1.29 is 4.74 Å². The summed E-state index contributed by atoms with van der Waals surface area (Å²) >= 11 is 0. The topological polar surface area (TPSA) is 37.4 Å². The van der Waals surface area contributed by atoms with E-state index in [-0.39, 0.29) is 0 Å². The second-order valence-electron chi connectivity index (χ2n) is 7.17. The number of pyridine rings is 1. The zero-order valence-electron chi connectivity index (χ0n) is 15.4. The van der Waals surface area contributed by atoms with Gasteiger partial charge < -0.3 is 15.0 Å². The molecule has 1 aromatic heterocycles. The third-order valence-electron chi connectivity index (χ3n) is 5.71. The van der Waals surface area contributed by atoms with Gasteiger partial charge in [0.2, 0.25) is 0 Å². The smallest absolute Gasteiger partial charge is 0.0671 e. The Morgan fingerprint density at radius 3 is 3.00 bits per heavy atom. The van der Waals surface area contributed by atoms with E-state index in [9.17, 15) is 0 Å². The second kappa shape index (κ2) is 6.68. The van der Waals surface area contributed by atoms with Crippen molar-refractivity contribution in [2.45, 2.75) is 38.6 Å². The van der Waals surface area contributed by atoms with E-state index in [2.05, 4.69) is 54.5 Å². The van der Waals surface area contributed by atoms with E-state index in [1.54, 1.807) is 0 Å². The van der Waals surface area contributed by atoms with Crippen molar-refractivity contribution in [1.82, 2.24) is 4.98 Å². The van der Waals surface area contributed by atoms with Gasteiger partial charge in [0, 0.05) is 37.0 Å². The van der Waals surface area contributed by atoms with Crippen molar-refractivity contribution in [3.05, 3.63) is 41.7 Å². The average molecular weight is 337 g/mol. The van der Waals surface area contributed by atoms with E-state index in [0.717, 1.165) is 38.3 Å². The molecule has 4 rings (SSSR count). The van der Waals surface area contributed by atoms with Gasteiger partial charge in [-0.3, -0.25) is 4.98 Å². The van der Waals surface area contributed by atoms with Crippen molar-refractivity contribution in [1.29, 1.82) is 0 Å². The predicted molar refractivity (Wildman–Crippen MR) is 104 cm³/mol. The van der Waals surface area contributed by atoms with Crippen molar-refractivity contribution in [2.24, 2.45) is 0 Å². The van der Waals surface area contributed by atoms with E-state index in [0.29, 0.717) is 12.0 Å². The molecule has 25 heavy (non-hydrogen) atoms. The molecule has 1 N–H and O–H groups in total. The molecule has 1 saturated heterocycles. The second-order valence-corrected chi connectivity index (χ2v) is 7.17. The van der Waals surface area contributed by atoms with Gasteiger partial charge in [-0.1, -0.05) is 13.0 Å². The van der Waals surface area contributed by atoms with Gasteiger partial charge in [-0.25, -0.2) is 0 Å². The lowest BCUT2D eigenvalue weighted by Crippen LogP contribution is -2.49. The van der Waals surface area contributed by atoms with Crippen LogP contribution in [0.1, 0.15) is 36.9 Å². The fourth-order valence-electron chi connectivity index (χ4n) is 4.21. The van der Waals surface area contributed by atoms with Crippen LogP contribution in [0.5, 0.6) is 0 Å². The highest BCUT2D eigenvalue weighted by Gasteiger charge is 2.34. The quantitative estimate of drug-likeness (QED) is 0.911. The molecule has 0 aliphatic carbocycles. The molecule has 2 aliphatic rings. The van der Waals surface area contributed by atoms with Crippen LogP contribution in [0.15, 0.2) is 30.5 Å². The first-order valence-corrected chi connectivity index (χ1v) is 9.34. The fraction of sp³-hybridized carbons (Fsp3) is 0.476. The van der Waals surface area contributed by atoms with Gasteiger partial charge in [-0.05, 0) is 49.1 Å². The first-order valence-electron chi connectivity index (χ1n) is 9.34. The van der Waals surface area contributed by atoms with Crippen LogP contribution in [-0.2, 0) is 4.74 Å². The van der Waals surface area contributed by atoms with Crippen LogP contribution in [0.4, 0.5) is 11.4 Å². The maximum atomic E-state index is 5.74. The highest BCUT2D eigenvalue weighted by molar-refractivity contribution is 5.75. The van der Waals surface area contributed by atoms with Crippen molar-refractivity contribution in [3.63, 3.8) is 0 Å². The zero-order chi connectivity index (χ0) is 17.4. The van der Waals surface area contributed by atoms with Gasteiger partial charge in [0.15, 0.2) is 0 Å². The van der Waals surface area contributed by atoms with Gasteiger partial charge in [-0.15, -0.1) is 0 Å². The van der Waals surface area contributed by atoms with Gasteiger partial charge in [0.05, 0.1) is 30.6 Å². The number of aryl methyl sites for hydroxylation is 1. The Labute approximate surface area is 150 Å². The lowest BCUT2D eigenvalue weighted by molar-refractivity contribution is 0.0861. The van der Waals surface area contributed by atoms with Gasteiger partial charge in [0.1, 0.15) is 0 Å². The van der Waals surface area contributed by atoms with E-state index in [1.807, 2.05) is 7.05 Å². The number of hydrogen-bond donors (Lipinski definition) is 1. The third kappa shape index (κ3) is 2.89. The summed E-state index contributed by atoms with van der Waals surface area (Å²) in [5, 5.41) is 3.24. The van der Waals surface area contributed by atoms with Crippen molar-refractivity contribution in [2.75, 3.05) is 37.0 Å². The molecule has 3 heterocycles. The molecule has 0 radical (unpaired) electrons. The van der Waals surface area contributed by atoms with Crippen molar-refractivity contribution >= 4 is 11.4 Å². The van der Waals surface area contributed by atoms with Crippen LogP contribution in [0.25, 0.3) is 11.1 Å². The Balaban J connectivity index is 1.80. The molecule has 132 valence electrons. The Hall–Kier alpha value is -2.07. The molecule has 1 aromatic carbocycles. The number of ether oxygens (including phenoxy) is 1. The highest BCUT2D eigenvalue weighted by atomic mass is 16.5. The molecule has 4 heteroatoms. The Kier molecular flexibility index (Phi) is 4.38. The number of nitrogens with zero attached hydrogens (tertiary/aromatic N) is 2. The summed E-state index contributed by atoms with van der Waals surface area (Å²) in [6, 6.07) is 9.36. The number of aromatic nitrogens is 1. The molecule has 0 spiro atoms. The van der Waals surface area contributed by atoms with Crippen LogP contribution in [0, 0.1) is 6.92 Å². The molecule has 4 nitrogen and oxygen atoms in total. The Morgan fingerprint density at radius 2 is 2.20 bits per heavy atom. The summed E-state index contributed by atoms with van der Waals surface area (Å²) in [6.45, 7) is 7.05. The average Bonchev–Trinajstić information content (AvgIpc) is 2.67. The van der Waals surface area contributed by atoms with E-state index in [4.69, 9.17) is 9.72 Å². The Bertz CT molecular complexity index is 774. The van der Waals surface area contributed by atoms with Crippen LogP contribution in [-0.4, -0.2) is 37.8 Å². The molecular formula is C21H27N3O. The summed E-state index contributed by atoms with van der Waals surface area (Å²) in [7, 11) is 1.96. The minimum absolute atomic E-state index is 0.494. The van der Waals surface area contributed by atoms with Crippen molar-refractivity contribution in [3.8, 4) is 11.1 Å². The van der Waals surface area contributed by atoms with Crippen LogP contribution in [0.3, 0.4) is 0 Å². The number of anilines is 2. The first-order chi connectivity index (χ1) is 12.2. The van der Waals surface area contributed by atoms with E-state index >= 15 is 0 Å². The summed E-state index contributed by atoms with van der Waals surface area (Å²) in [5.74, 6) is 0.539. The lowest BCUT2D eigenvalue weighted by atomic mass is 9.86. The fourth-order valence-corrected chi connectivity index (χ4v) is 4.21. The maximum Gasteiger partial charge on any atom is 0.0671 e. The maximum absolute atomic E-state index is 5.74. The summed E-state index contributed by atoms with van der Waals surface area (Å²) in [6.07, 6.45) is 4.35. The summed E-state index contributed by atoms with van der Waals surface area (Å²) in [4.78, 5) is 7.46.